The fourth-order valence-electron chi connectivity index (χ4n) is 1.47. The number of hydrogen-bond donors (Lipinski definition) is 2. The largest absolute Gasteiger partial charge is 0.368 e. The summed E-state index contributed by atoms with van der Waals surface area (Å²) in [6.45, 7) is 5.74. The maximum atomic E-state index is 4.40. The van der Waals surface area contributed by atoms with Crippen LogP contribution >= 0.6 is 0 Å². The molecule has 2 aromatic rings. The molecule has 2 heterocycles. The maximum Gasteiger partial charge on any atom is 0.242 e. The molecular weight excluding hydrogens is 190 g/mol. The molecule has 0 spiro atoms. The fraction of sp³-hybridized carbons (Fsp3) is 0.400. The van der Waals surface area contributed by atoms with E-state index in [4.69, 9.17) is 0 Å². The Morgan fingerprint density at radius 1 is 1.27 bits per heavy atom. The van der Waals surface area contributed by atoms with E-state index in [-0.39, 0.29) is 0 Å². The van der Waals surface area contributed by atoms with Crippen molar-refractivity contribution in [1.82, 2.24) is 14.6 Å². The summed E-state index contributed by atoms with van der Waals surface area (Å²) in [5.74, 6) is 1.52. The van der Waals surface area contributed by atoms with Crippen LogP contribution in [-0.4, -0.2) is 27.7 Å². The third-order valence-corrected chi connectivity index (χ3v) is 2.07. The third-order valence-electron chi connectivity index (χ3n) is 2.07. The first-order valence-corrected chi connectivity index (χ1v) is 5.18. The zero-order chi connectivity index (χ0) is 10.7. The van der Waals surface area contributed by atoms with Gasteiger partial charge in [0.1, 0.15) is 5.52 Å². The molecule has 0 aliphatic carbocycles. The molecular formula is C10H15N5. The average molecular weight is 205 g/mol. The lowest BCUT2D eigenvalue weighted by atomic mass is 10.5. The Morgan fingerprint density at radius 2 is 2.07 bits per heavy atom. The Hall–Kier alpha value is -1.78. The highest BCUT2D eigenvalue weighted by atomic mass is 15.3. The van der Waals surface area contributed by atoms with Gasteiger partial charge in [-0.2, -0.15) is 4.98 Å². The first kappa shape index (κ1) is 9.76. The molecule has 2 aromatic heterocycles. The minimum Gasteiger partial charge on any atom is -0.368 e. The lowest BCUT2D eigenvalue weighted by molar-refractivity contribution is 0.897. The van der Waals surface area contributed by atoms with Crippen LogP contribution in [0.15, 0.2) is 18.3 Å². The number of nitrogens with one attached hydrogen (secondary N) is 2. The molecule has 80 valence electrons. The molecule has 0 radical (unpaired) electrons. The first-order valence-electron chi connectivity index (χ1n) is 5.18. The van der Waals surface area contributed by atoms with Crippen molar-refractivity contribution in [3.8, 4) is 0 Å². The number of rotatable bonds is 4. The minimum atomic E-state index is 0.650. The average Bonchev–Trinajstić information content (AvgIpc) is 2.67. The van der Waals surface area contributed by atoms with E-state index < -0.39 is 0 Å². The SMILES string of the molecule is CCNc1nc(NCC)c2cccn2n1. The number of hydrogen-bond acceptors (Lipinski definition) is 4. The van der Waals surface area contributed by atoms with Gasteiger partial charge in [0.15, 0.2) is 5.82 Å². The number of fused-ring (bicyclic) bond motifs is 1. The second-order valence-electron chi connectivity index (χ2n) is 3.18. The molecule has 0 saturated heterocycles. The van der Waals surface area contributed by atoms with E-state index in [2.05, 4.69) is 27.6 Å². The topological polar surface area (TPSA) is 54.2 Å². The summed E-state index contributed by atoms with van der Waals surface area (Å²) in [6.07, 6.45) is 1.92. The smallest absolute Gasteiger partial charge is 0.242 e. The van der Waals surface area contributed by atoms with Crippen molar-refractivity contribution in [2.45, 2.75) is 13.8 Å². The summed E-state index contributed by atoms with van der Waals surface area (Å²) in [5, 5.41) is 10.7. The summed E-state index contributed by atoms with van der Waals surface area (Å²) in [6, 6.07) is 3.95. The summed E-state index contributed by atoms with van der Waals surface area (Å²) in [4.78, 5) is 4.40. The molecule has 5 nitrogen and oxygen atoms in total. The standard InChI is InChI=1S/C10H15N5/c1-3-11-9-8-6-5-7-15(8)14-10(13-9)12-4-2/h5-7H,3-4H2,1-2H3,(H2,11,12,13,14). The zero-order valence-corrected chi connectivity index (χ0v) is 8.99. The second kappa shape index (κ2) is 4.16. The molecule has 0 aliphatic heterocycles. The Kier molecular flexibility index (Phi) is 2.71. The highest BCUT2D eigenvalue weighted by Crippen LogP contribution is 2.15. The zero-order valence-electron chi connectivity index (χ0n) is 8.99. The van der Waals surface area contributed by atoms with Crippen LogP contribution in [0.1, 0.15) is 13.8 Å². The summed E-state index contributed by atoms with van der Waals surface area (Å²) >= 11 is 0. The van der Waals surface area contributed by atoms with Crippen molar-refractivity contribution >= 4 is 17.3 Å². The van der Waals surface area contributed by atoms with Crippen molar-refractivity contribution in [3.05, 3.63) is 18.3 Å². The van der Waals surface area contributed by atoms with Crippen LogP contribution in [-0.2, 0) is 0 Å². The van der Waals surface area contributed by atoms with Gasteiger partial charge in [-0.1, -0.05) is 0 Å². The summed E-state index contributed by atoms with van der Waals surface area (Å²) in [5.41, 5.74) is 0.999. The number of anilines is 2. The van der Waals surface area contributed by atoms with Crippen molar-refractivity contribution in [1.29, 1.82) is 0 Å². The van der Waals surface area contributed by atoms with Gasteiger partial charge in [0.25, 0.3) is 0 Å². The Labute approximate surface area is 88.5 Å². The van der Waals surface area contributed by atoms with Crippen molar-refractivity contribution < 1.29 is 0 Å². The van der Waals surface area contributed by atoms with E-state index in [0.29, 0.717) is 5.95 Å². The van der Waals surface area contributed by atoms with Gasteiger partial charge in [-0.3, -0.25) is 0 Å². The van der Waals surface area contributed by atoms with E-state index in [0.717, 1.165) is 24.4 Å². The first-order chi connectivity index (χ1) is 7.35. The number of nitrogens with zero attached hydrogens (tertiary/aromatic N) is 3. The van der Waals surface area contributed by atoms with Gasteiger partial charge in [-0.25, -0.2) is 4.52 Å². The molecule has 0 saturated carbocycles. The van der Waals surface area contributed by atoms with E-state index >= 15 is 0 Å². The molecule has 5 heteroatoms. The number of aromatic nitrogens is 3. The minimum absolute atomic E-state index is 0.650. The summed E-state index contributed by atoms with van der Waals surface area (Å²) < 4.78 is 1.82. The quantitative estimate of drug-likeness (QED) is 0.796. The van der Waals surface area contributed by atoms with Gasteiger partial charge in [-0.05, 0) is 26.0 Å². The highest BCUT2D eigenvalue weighted by molar-refractivity contribution is 5.68. The van der Waals surface area contributed by atoms with Crippen LogP contribution in [0, 0.1) is 0 Å². The molecule has 0 fully saturated rings. The van der Waals surface area contributed by atoms with Crippen LogP contribution in [0.5, 0.6) is 0 Å². The Balaban J connectivity index is 2.48. The van der Waals surface area contributed by atoms with Gasteiger partial charge in [0, 0.05) is 19.3 Å². The second-order valence-corrected chi connectivity index (χ2v) is 3.18. The Morgan fingerprint density at radius 3 is 2.80 bits per heavy atom. The molecule has 0 aromatic carbocycles. The van der Waals surface area contributed by atoms with E-state index in [1.807, 2.05) is 29.8 Å². The predicted molar refractivity (Wildman–Crippen MR) is 61.3 cm³/mol. The normalized spacial score (nSPS) is 10.5. The van der Waals surface area contributed by atoms with Gasteiger partial charge in [0.05, 0.1) is 0 Å². The molecule has 0 unspecified atom stereocenters. The lowest BCUT2D eigenvalue weighted by Crippen LogP contribution is -2.09. The van der Waals surface area contributed by atoms with Crippen LogP contribution in [0.2, 0.25) is 0 Å². The van der Waals surface area contributed by atoms with Gasteiger partial charge in [0.2, 0.25) is 5.95 Å². The molecule has 0 amide bonds. The molecule has 15 heavy (non-hydrogen) atoms. The molecule has 2 rings (SSSR count). The van der Waals surface area contributed by atoms with Crippen LogP contribution in [0.25, 0.3) is 5.52 Å². The molecule has 0 bridgehead atoms. The summed E-state index contributed by atoms with van der Waals surface area (Å²) in [7, 11) is 0. The van der Waals surface area contributed by atoms with Crippen molar-refractivity contribution in [2.75, 3.05) is 23.7 Å². The van der Waals surface area contributed by atoms with E-state index in [9.17, 15) is 0 Å². The maximum absolute atomic E-state index is 4.40. The van der Waals surface area contributed by atoms with Crippen LogP contribution in [0.3, 0.4) is 0 Å². The van der Waals surface area contributed by atoms with Crippen molar-refractivity contribution in [2.24, 2.45) is 0 Å². The highest BCUT2D eigenvalue weighted by Gasteiger charge is 2.05. The van der Waals surface area contributed by atoms with E-state index in [1.54, 1.807) is 0 Å². The van der Waals surface area contributed by atoms with Gasteiger partial charge >= 0.3 is 0 Å². The predicted octanol–water partition coefficient (Wildman–Crippen LogP) is 1.59. The van der Waals surface area contributed by atoms with Crippen LogP contribution in [0.4, 0.5) is 11.8 Å². The third kappa shape index (κ3) is 1.86. The Bertz CT molecular complexity index is 448. The van der Waals surface area contributed by atoms with Gasteiger partial charge < -0.3 is 10.6 Å². The van der Waals surface area contributed by atoms with Gasteiger partial charge in [-0.15, -0.1) is 5.10 Å². The molecule has 2 N–H and O–H groups in total. The monoisotopic (exact) mass is 205 g/mol. The fourth-order valence-corrected chi connectivity index (χ4v) is 1.47. The van der Waals surface area contributed by atoms with E-state index in [1.165, 1.54) is 0 Å². The molecule has 0 aliphatic rings. The van der Waals surface area contributed by atoms with Crippen LogP contribution < -0.4 is 10.6 Å². The lowest BCUT2D eigenvalue weighted by Gasteiger charge is -2.08. The molecule has 0 atom stereocenters. The van der Waals surface area contributed by atoms with Crippen molar-refractivity contribution in [3.63, 3.8) is 0 Å².